The highest BCUT2D eigenvalue weighted by Gasteiger charge is 2.15. The second-order valence-corrected chi connectivity index (χ2v) is 5.70. The number of amides is 1. The van der Waals surface area contributed by atoms with E-state index in [1.807, 2.05) is 0 Å². The number of hydrogen-bond donors (Lipinski definition) is 3. The minimum absolute atomic E-state index is 0.0959. The van der Waals surface area contributed by atoms with Crippen molar-refractivity contribution < 1.29 is 15.0 Å². The summed E-state index contributed by atoms with van der Waals surface area (Å²) in [5.74, 6) is 1.24. The first-order chi connectivity index (χ1) is 10.8. The van der Waals surface area contributed by atoms with E-state index in [9.17, 15) is 4.79 Å². The van der Waals surface area contributed by atoms with Gasteiger partial charge < -0.3 is 20.4 Å². The van der Waals surface area contributed by atoms with Crippen molar-refractivity contribution in [1.82, 2.24) is 10.2 Å². The van der Waals surface area contributed by atoms with Gasteiger partial charge in [-0.3, -0.25) is 9.79 Å². The van der Waals surface area contributed by atoms with Crippen molar-refractivity contribution in [3.8, 4) is 0 Å². The average molecular weight is 313 g/mol. The molecule has 0 aromatic heterocycles. The van der Waals surface area contributed by atoms with Crippen molar-refractivity contribution in [2.24, 2.45) is 4.99 Å². The van der Waals surface area contributed by atoms with Gasteiger partial charge in [0.1, 0.15) is 0 Å². The predicted octanol–water partition coefficient (Wildman–Crippen LogP) is 0.922. The Morgan fingerprint density at radius 3 is 2.55 bits per heavy atom. The predicted molar refractivity (Wildman–Crippen MR) is 88.0 cm³/mol. The van der Waals surface area contributed by atoms with Gasteiger partial charge in [-0.1, -0.05) is 12.8 Å². The van der Waals surface area contributed by atoms with Crippen molar-refractivity contribution in [3.63, 3.8) is 0 Å². The standard InChI is InChI=1S/C16H31N3O3/c20-13-5-1-3-7-15-17-9-11-19(15)12-10-18-16(22)8-4-2-6-14-21/h20-21H,1-14H2,(H,18,22). The molecule has 0 saturated carbocycles. The van der Waals surface area contributed by atoms with Crippen LogP contribution in [0.3, 0.4) is 0 Å². The summed E-state index contributed by atoms with van der Waals surface area (Å²) in [6, 6.07) is 0. The second kappa shape index (κ2) is 12.4. The van der Waals surface area contributed by atoms with Crippen molar-refractivity contribution in [2.75, 3.05) is 39.4 Å². The molecule has 0 aliphatic carbocycles. The van der Waals surface area contributed by atoms with E-state index < -0.39 is 0 Å². The molecule has 1 aliphatic rings. The Morgan fingerprint density at radius 1 is 1.09 bits per heavy atom. The van der Waals surface area contributed by atoms with Crippen LogP contribution in [0.2, 0.25) is 0 Å². The van der Waals surface area contributed by atoms with Crippen LogP contribution in [0.1, 0.15) is 51.4 Å². The van der Waals surface area contributed by atoms with Crippen LogP contribution in [0.4, 0.5) is 0 Å². The fraction of sp³-hybridized carbons (Fsp3) is 0.875. The first kappa shape index (κ1) is 18.9. The number of aliphatic hydroxyl groups excluding tert-OH is 2. The quantitative estimate of drug-likeness (QED) is 0.441. The minimum Gasteiger partial charge on any atom is -0.396 e. The van der Waals surface area contributed by atoms with Gasteiger partial charge in [0.15, 0.2) is 0 Å². The summed E-state index contributed by atoms with van der Waals surface area (Å²) >= 11 is 0. The summed E-state index contributed by atoms with van der Waals surface area (Å²) < 4.78 is 0. The van der Waals surface area contributed by atoms with Crippen molar-refractivity contribution >= 4 is 11.7 Å². The third kappa shape index (κ3) is 8.34. The fourth-order valence-electron chi connectivity index (χ4n) is 2.57. The second-order valence-electron chi connectivity index (χ2n) is 5.70. The molecule has 6 heteroatoms. The van der Waals surface area contributed by atoms with Crippen LogP contribution in [0.15, 0.2) is 4.99 Å². The highest BCUT2D eigenvalue weighted by atomic mass is 16.3. The maximum atomic E-state index is 11.7. The first-order valence-corrected chi connectivity index (χ1v) is 8.54. The van der Waals surface area contributed by atoms with E-state index >= 15 is 0 Å². The molecule has 0 atom stereocenters. The summed E-state index contributed by atoms with van der Waals surface area (Å²) in [6.07, 6.45) is 6.99. The van der Waals surface area contributed by atoms with E-state index in [2.05, 4.69) is 15.2 Å². The lowest BCUT2D eigenvalue weighted by Crippen LogP contribution is -2.36. The maximum absolute atomic E-state index is 11.7. The van der Waals surface area contributed by atoms with Crippen molar-refractivity contribution in [3.05, 3.63) is 0 Å². The summed E-state index contributed by atoms with van der Waals surface area (Å²) in [5.41, 5.74) is 0. The smallest absolute Gasteiger partial charge is 0.220 e. The van der Waals surface area contributed by atoms with Crippen LogP contribution in [0.25, 0.3) is 0 Å². The van der Waals surface area contributed by atoms with E-state index in [0.717, 1.165) is 70.4 Å². The summed E-state index contributed by atoms with van der Waals surface area (Å²) in [6.45, 7) is 3.75. The molecular formula is C16H31N3O3. The third-order valence-electron chi connectivity index (χ3n) is 3.85. The Kier molecular flexibility index (Phi) is 10.7. The Bertz CT molecular complexity index is 335. The highest BCUT2D eigenvalue weighted by molar-refractivity contribution is 5.83. The molecule has 0 radical (unpaired) electrons. The highest BCUT2D eigenvalue weighted by Crippen LogP contribution is 2.09. The van der Waals surface area contributed by atoms with Crippen LogP contribution in [-0.2, 0) is 4.79 Å². The van der Waals surface area contributed by atoms with Crippen molar-refractivity contribution in [1.29, 1.82) is 0 Å². The molecule has 0 saturated heterocycles. The number of carbonyl (C=O) groups excluding carboxylic acids is 1. The van der Waals surface area contributed by atoms with Crippen LogP contribution >= 0.6 is 0 Å². The molecule has 22 heavy (non-hydrogen) atoms. The minimum atomic E-state index is 0.0959. The van der Waals surface area contributed by atoms with Gasteiger partial charge >= 0.3 is 0 Å². The maximum Gasteiger partial charge on any atom is 0.220 e. The molecule has 0 bridgehead atoms. The number of rotatable bonds is 13. The molecule has 6 nitrogen and oxygen atoms in total. The van der Waals surface area contributed by atoms with Gasteiger partial charge in [-0.25, -0.2) is 0 Å². The molecule has 1 heterocycles. The number of nitrogens with zero attached hydrogens (tertiary/aromatic N) is 2. The number of aliphatic hydroxyl groups is 2. The molecule has 3 N–H and O–H groups in total. The van der Waals surface area contributed by atoms with Gasteiger partial charge in [0.2, 0.25) is 5.91 Å². The third-order valence-corrected chi connectivity index (χ3v) is 3.85. The molecule has 0 spiro atoms. The number of amidine groups is 1. The molecule has 1 rings (SSSR count). The average Bonchev–Trinajstić information content (AvgIpc) is 2.96. The van der Waals surface area contributed by atoms with Gasteiger partial charge in [-0.05, 0) is 25.7 Å². The van der Waals surface area contributed by atoms with E-state index in [0.29, 0.717) is 13.0 Å². The molecule has 0 aromatic carbocycles. The molecular weight excluding hydrogens is 282 g/mol. The molecule has 0 aromatic rings. The van der Waals surface area contributed by atoms with Crippen LogP contribution in [0, 0.1) is 0 Å². The van der Waals surface area contributed by atoms with Crippen molar-refractivity contribution in [2.45, 2.75) is 51.4 Å². The number of unbranched alkanes of at least 4 members (excludes halogenated alkanes) is 4. The Hall–Kier alpha value is -1.14. The van der Waals surface area contributed by atoms with E-state index in [-0.39, 0.29) is 19.1 Å². The lowest BCUT2D eigenvalue weighted by atomic mass is 10.2. The number of nitrogens with one attached hydrogen (secondary N) is 1. The molecule has 0 unspecified atom stereocenters. The molecule has 1 amide bonds. The Balaban J connectivity index is 2.08. The normalized spacial score (nSPS) is 14.3. The van der Waals surface area contributed by atoms with Gasteiger partial charge in [0.05, 0.1) is 12.4 Å². The summed E-state index contributed by atoms with van der Waals surface area (Å²) in [4.78, 5) is 18.4. The zero-order chi connectivity index (χ0) is 16.0. The van der Waals surface area contributed by atoms with Gasteiger partial charge in [0, 0.05) is 45.7 Å². The van der Waals surface area contributed by atoms with E-state index in [4.69, 9.17) is 10.2 Å². The molecule has 0 fully saturated rings. The largest absolute Gasteiger partial charge is 0.396 e. The summed E-state index contributed by atoms with van der Waals surface area (Å²) in [5, 5.41) is 20.4. The lowest BCUT2D eigenvalue weighted by Gasteiger charge is -2.20. The van der Waals surface area contributed by atoms with Gasteiger partial charge in [-0.2, -0.15) is 0 Å². The topological polar surface area (TPSA) is 85.2 Å². The van der Waals surface area contributed by atoms with Crippen LogP contribution < -0.4 is 5.32 Å². The SMILES string of the molecule is O=C(CCCCCO)NCCN1CCN=C1CCCCCO. The van der Waals surface area contributed by atoms with Gasteiger partial charge in [0.25, 0.3) is 0 Å². The first-order valence-electron chi connectivity index (χ1n) is 8.54. The van der Waals surface area contributed by atoms with Gasteiger partial charge in [-0.15, -0.1) is 0 Å². The van der Waals surface area contributed by atoms with E-state index in [1.54, 1.807) is 0 Å². The van der Waals surface area contributed by atoms with Crippen LogP contribution in [0.5, 0.6) is 0 Å². The molecule has 128 valence electrons. The summed E-state index contributed by atoms with van der Waals surface area (Å²) in [7, 11) is 0. The zero-order valence-electron chi connectivity index (χ0n) is 13.6. The number of aliphatic imine (C=N–C) groups is 1. The molecule has 1 aliphatic heterocycles. The Labute approximate surface area is 133 Å². The zero-order valence-corrected chi connectivity index (χ0v) is 13.6. The fourth-order valence-corrected chi connectivity index (χ4v) is 2.57. The van der Waals surface area contributed by atoms with Crippen LogP contribution in [-0.4, -0.2) is 66.2 Å². The number of hydrogen-bond acceptors (Lipinski definition) is 5. The van der Waals surface area contributed by atoms with E-state index in [1.165, 1.54) is 0 Å². The lowest BCUT2D eigenvalue weighted by molar-refractivity contribution is -0.121. The monoisotopic (exact) mass is 313 g/mol. The number of carbonyl (C=O) groups is 1. The Morgan fingerprint density at radius 2 is 1.82 bits per heavy atom.